The van der Waals surface area contributed by atoms with Crippen molar-refractivity contribution in [3.05, 3.63) is 59.7 Å². The Morgan fingerprint density at radius 1 is 0.737 bits per heavy atom. The first-order valence-corrected chi connectivity index (χ1v) is 7.28. The number of fused-ring (bicyclic) bond motifs is 4. The van der Waals surface area contributed by atoms with Crippen LogP contribution in [0.5, 0.6) is 0 Å². The summed E-state index contributed by atoms with van der Waals surface area (Å²) in [4.78, 5) is 0. The van der Waals surface area contributed by atoms with Gasteiger partial charge in [-0.2, -0.15) is 0 Å². The molecule has 5 rings (SSSR count). The first kappa shape index (κ1) is 9.76. The predicted molar refractivity (Wildman–Crippen MR) is 85.8 cm³/mol. The van der Waals surface area contributed by atoms with E-state index in [0.717, 1.165) is 0 Å². The largest absolute Gasteiger partial charge is 0.135 e. The summed E-state index contributed by atoms with van der Waals surface area (Å²) in [6.07, 6.45) is 4.52. The molecule has 88 valence electrons. The molecule has 0 N–H and O–H groups in total. The van der Waals surface area contributed by atoms with Crippen LogP contribution in [0.4, 0.5) is 0 Å². The molecule has 0 spiro atoms. The minimum Gasteiger partial charge on any atom is -0.135 e. The molecular weight excluding hydrogens is 248 g/mol. The molecule has 1 heteroatoms. The fourth-order valence-corrected chi connectivity index (χ4v) is 4.38. The molecular formula is C18H10S. The lowest BCUT2D eigenvalue weighted by molar-refractivity contribution is 1.78. The Balaban J connectivity index is 2.17. The molecule has 0 bridgehead atoms. The number of hydrogen-bond donors (Lipinski definition) is 0. The molecule has 1 aromatic heterocycles. The zero-order chi connectivity index (χ0) is 12.4. The second-order valence-electron chi connectivity index (χ2n) is 5.04. The van der Waals surface area contributed by atoms with Crippen LogP contribution in [0.15, 0.2) is 48.5 Å². The van der Waals surface area contributed by atoms with Crippen molar-refractivity contribution in [2.75, 3.05) is 0 Å². The van der Waals surface area contributed by atoms with E-state index in [2.05, 4.69) is 60.7 Å². The van der Waals surface area contributed by atoms with Gasteiger partial charge in [-0.1, -0.05) is 48.6 Å². The standard InChI is InChI=1S/C18H10S/c1-2-7-15-13(6-1)18-14-9-8-11-4-3-5-12(17(11)14)10-16(18)19-15/h1-10H. The maximum absolute atomic E-state index is 2.34. The second-order valence-corrected chi connectivity index (χ2v) is 6.12. The average Bonchev–Trinajstić information content (AvgIpc) is 3.01. The van der Waals surface area contributed by atoms with E-state index in [-0.39, 0.29) is 0 Å². The van der Waals surface area contributed by atoms with Crippen LogP contribution in [0.25, 0.3) is 43.1 Å². The molecule has 0 saturated carbocycles. The fourth-order valence-electron chi connectivity index (χ4n) is 3.21. The quantitative estimate of drug-likeness (QED) is 0.334. The summed E-state index contributed by atoms with van der Waals surface area (Å²) in [5.74, 6) is 0. The highest BCUT2D eigenvalue weighted by molar-refractivity contribution is 7.26. The highest BCUT2D eigenvalue weighted by Crippen LogP contribution is 2.43. The lowest BCUT2D eigenvalue weighted by Gasteiger charge is -2.04. The Hall–Kier alpha value is -2.12. The van der Waals surface area contributed by atoms with Crippen LogP contribution in [-0.2, 0) is 0 Å². The van der Waals surface area contributed by atoms with Crippen LogP contribution < -0.4 is 0 Å². The molecule has 0 radical (unpaired) electrons. The van der Waals surface area contributed by atoms with Crippen molar-refractivity contribution in [3.63, 3.8) is 0 Å². The van der Waals surface area contributed by atoms with Crippen molar-refractivity contribution in [3.8, 4) is 0 Å². The molecule has 3 aromatic carbocycles. The third-order valence-electron chi connectivity index (χ3n) is 4.01. The molecule has 1 aliphatic carbocycles. The van der Waals surface area contributed by atoms with Crippen molar-refractivity contribution < 1.29 is 0 Å². The van der Waals surface area contributed by atoms with Gasteiger partial charge in [0.1, 0.15) is 0 Å². The summed E-state index contributed by atoms with van der Waals surface area (Å²) in [5.41, 5.74) is 2.75. The zero-order valence-corrected chi connectivity index (χ0v) is 11.0. The molecule has 1 heterocycles. The topological polar surface area (TPSA) is 0 Å². The maximum Gasteiger partial charge on any atom is 0.0367 e. The molecule has 0 nitrogen and oxygen atoms in total. The van der Waals surface area contributed by atoms with Crippen molar-refractivity contribution >= 4 is 54.4 Å². The normalized spacial score (nSPS) is 13.1. The Morgan fingerprint density at radius 2 is 1.68 bits per heavy atom. The van der Waals surface area contributed by atoms with Gasteiger partial charge in [-0.3, -0.25) is 0 Å². The Kier molecular flexibility index (Phi) is 1.67. The molecule has 0 atom stereocenters. The van der Waals surface area contributed by atoms with Gasteiger partial charge in [-0.15, -0.1) is 11.3 Å². The van der Waals surface area contributed by atoms with Crippen LogP contribution in [0.2, 0.25) is 0 Å². The van der Waals surface area contributed by atoms with Gasteiger partial charge in [-0.25, -0.2) is 0 Å². The molecule has 0 fully saturated rings. The van der Waals surface area contributed by atoms with Gasteiger partial charge in [0, 0.05) is 20.2 Å². The van der Waals surface area contributed by atoms with Crippen molar-refractivity contribution in [1.29, 1.82) is 0 Å². The third kappa shape index (κ3) is 1.14. The summed E-state index contributed by atoms with van der Waals surface area (Å²) in [6, 6.07) is 17.6. The van der Waals surface area contributed by atoms with E-state index in [0.29, 0.717) is 0 Å². The van der Waals surface area contributed by atoms with Crippen LogP contribution >= 0.6 is 11.3 Å². The van der Waals surface area contributed by atoms with E-state index >= 15 is 0 Å². The summed E-state index contributed by atoms with van der Waals surface area (Å²) >= 11 is 1.90. The van der Waals surface area contributed by atoms with Gasteiger partial charge in [0.05, 0.1) is 0 Å². The molecule has 0 amide bonds. The Labute approximate surface area is 114 Å². The van der Waals surface area contributed by atoms with E-state index in [9.17, 15) is 0 Å². The fraction of sp³-hybridized carbons (Fsp3) is 0. The summed E-state index contributed by atoms with van der Waals surface area (Å²) in [5, 5.41) is 5.59. The van der Waals surface area contributed by atoms with E-state index < -0.39 is 0 Å². The van der Waals surface area contributed by atoms with Crippen LogP contribution in [0.1, 0.15) is 11.1 Å². The van der Waals surface area contributed by atoms with Crippen molar-refractivity contribution in [1.82, 2.24) is 0 Å². The lowest BCUT2D eigenvalue weighted by Crippen LogP contribution is -1.79. The SMILES string of the molecule is C1=Cc2c3c1cccc3cc1sc3ccccc3c21. The number of hydrogen-bond acceptors (Lipinski definition) is 1. The van der Waals surface area contributed by atoms with E-state index in [1.165, 1.54) is 42.1 Å². The minimum atomic E-state index is 1.35. The second kappa shape index (κ2) is 3.25. The highest BCUT2D eigenvalue weighted by Gasteiger charge is 2.15. The van der Waals surface area contributed by atoms with Crippen LogP contribution in [0.3, 0.4) is 0 Å². The molecule has 0 unspecified atom stereocenters. The Bertz CT molecular complexity index is 1000. The third-order valence-corrected chi connectivity index (χ3v) is 5.12. The number of thiophene rings is 1. The average molecular weight is 258 g/mol. The van der Waals surface area contributed by atoms with Crippen LogP contribution in [-0.4, -0.2) is 0 Å². The molecule has 0 aliphatic heterocycles. The van der Waals surface area contributed by atoms with E-state index in [4.69, 9.17) is 0 Å². The van der Waals surface area contributed by atoms with Gasteiger partial charge in [-0.05, 0) is 34.0 Å². The van der Waals surface area contributed by atoms with Crippen LogP contribution in [0, 0.1) is 0 Å². The van der Waals surface area contributed by atoms with Gasteiger partial charge >= 0.3 is 0 Å². The van der Waals surface area contributed by atoms with E-state index in [1.54, 1.807) is 0 Å². The smallest absolute Gasteiger partial charge is 0.0367 e. The summed E-state index contributed by atoms with van der Waals surface area (Å²) < 4.78 is 2.78. The van der Waals surface area contributed by atoms with Crippen molar-refractivity contribution in [2.24, 2.45) is 0 Å². The predicted octanol–water partition coefficient (Wildman–Crippen LogP) is 5.69. The molecule has 0 saturated heterocycles. The summed E-state index contributed by atoms with van der Waals surface area (Å²) in [6.45, 7) is 0. The molecule has 4 aromatic rings. The van der Waals surface area contributed by atoms with Crippen molar-refractivity contribution in [2.45, 2.75) is 0 Å². The first-order valence-electron chi connectivity index (χ1n) is 6.47. The molecule has 1 aliphatic rings. The summed E-state index contributed by atoms with van der Waals surface area (Å²) in [7, 11) is 0. The zero-order valence-electron chi connectivity index (χ0n) is 10.2. The molecule has 19 heavy (non-hydrogen) atoms. The highest BCUT2D eigenvalue weighted by atomic mass is 32.1. The van der Waals surface area contributed by atoms with Gasteiger partial charge in [0.25, 0.3) is 0 Å². The number of benzene rings is 3. The van der Waals surface area contributed by atoms with Gasteiger partial charge in [0.2, 0.25) is 0 Å². The van der Waals surface area contributed by atoms with Gasteiger partial charge < -0.3 is 0 Å². The minimum absolute atomic E-state index is 1.35. The monoisotopic (exact) mass is 258 g/mol. The number of rotatable bonds is 0. The van der Waals surface area contributed by atoms with E-state index in [1.807, 2.05) is 11.3 Å². The first-order chi connectivity index (χ1) is 9.42. The van der Waals surface area contributed by atoms with Gasteiger partial charge in [0.15, 0.2) is 0 Å². The lowest BCUT2D eigenvalue weighted by atomic mass is 9.99. The Morgan fingerprint density at radius 3 is 2.68 bits per heavy atom. The maximum atomic E-state index is 2.34.